The van der Waals surface area contributed by atoms with Crippen molar-refractivity contribution in [2.75, 3.05) is 0 Å². The maximum atomic E-state index is 2.45. The summed E-state index contributed by atoms with van der Waals surface area (Å²) in [5.74, 6) is 0. The second kappa shape index (κ2) is 4.62. The molecule has 0 rings (SSSR count). The summed E-state index contributed by atoms with van der Waals surface area (Å²) in [6, 6.07) is 0. The lowest BCUT2D eigenvalue weighted by Gasteiger charge is -2.31. The lowest BCUT2D eigenvalue weighted by Crippen LogP contribution is -2.39. The van der Waals surface area contributed by atoms with Crippen LogP contribution in [-0.2, 0) is 0 Å². The van der Waals surface area contributed by atoms with Gasteiger partial charge in [-0.2, -0.15) is 0 Å². The van der Waals surface area contributed by atoms with Crippen LogP contribution in [0.15, 0.2) is 22.5 Å². The molecular formula is C12H26Si2. The molecule has 2 heteroatoms. The maximum Gasteiger partial charge on any atom is 0.0682 e. The van der Waals surface area contributed by atoms with E-state index in [0.717, 1.165) is 0 Å². The minimum absolute atomic E-state index is 1.11. The van der Waals surface area contributed by atoms with Gasteiger partial charge in [0.2, 0.25) is 0 Å². The Bertz CT molecular complexity index is 226. The van der Waals surface area contributed by atoms with Gasteiger partial charge in [-0.1, -0.05) is 61.8 Å². The molecule has 14 heavy (non-hydrogen) atoms. The molecule has 0 aromatic carbocycles. The maximum absolute atomic E-state index is 2.45. The van der Waals surface area contributed by atoms with Crippen LogP contribution in [0.4, 0.5) is 0 Å². The van der Waals surface area contributed by atoms with Crippen molar-refractivity contribution in [3.8, 4) is 0 Å². The summed E-state index contributed by atoms with van der Waals surface area (Å²) in [5, 5.41) is 0. The fourth-order valence-corrected chi connectivity index (χ4v) is 12.0. The third-order valence-electron chi connectivity index (χ3n) is 2.20. The van der Waals surface area contributed by atoms with Gasteiger partial charge in [0.25, 0.3) is 0 Å². The quantitative estimate of drug-likeness (QED) is 0.486. The fourth-order valence-electron chi connectivity index (χ4n) is 1.88. The van der Waals surface area contributed by atoms with Crippen LogP contribution in [-0.4, -0.2) is 16.1 Å². The van der Waals surface area contributed by atoms with Crippen LogP contribution in [0.1, 0.15) is 13.8 Å². The Labute approximate surface area is 92.1 Å². The molecule has 0 saturated carbocycles. The SMILES string of the molecule is CC(C)=CC=C([Si](C)(C)C)[Si](C)(C)C. The van der Waals surface area contributed by atoms with Crippen molar-refractivity contribution in [1.82, 2.24) is 0 Å². The zero-order valence-electron chi connectivity index (χ0n) is 11.2. The van der Waals surface area contributed by atoms with E-state index in [1.54, 1.807) is 4.82 Å². The molecule has 0 saturated heterocycles. The van der Waals surface area contributed by atoms with E-state index in [1.807, 2.05) is 0 Å². The Balaban J connectivity index is 5.15. The van der Waals surface area contributed by atoms with Crippen molar-refractivity contribution in [2.24, 2.45) is 0 Å². The van der Waals surface area contributed by atoms with Crippen molar-refractivity contribution in [1.29, 1.82) is 0 Å². The molecule has 0 aliphatic carbocycles. The first-order valence-electron chi connectivity index (χ1n) is 5.41. The molecule has 0 fully saturated rings. The molecule has 0 heterocycles. The molecule has 0 aromatic rings. The van der Waals surface area contributed by atoms with Gasteiger partial charge in [0, 0.05) is 0 Å². The first-order chi connectivity index (χ1) is 6.05. The first-order valence-corrected chi connectivity index (χ1v) is 12.4. The van der Waals surface area contributed by atoms with E-state index in [0.29, 0.717) is 0 Å². The molecule has 0 aliphatic rings. The lowest BCUT2D eigenvalue weighted by atomic mass is 10.3. The Hall–Kier alpha value is -0.0862. The number of rotatable bonds is 3. The van der Waals surface area contributed by atoms with Gasteiger partial charge in [-0.3, -0.25) is 0 Å². The van der Waals surface area contributed by atoms with Crippen molar-refractivity contribution in [2.45, 2.75) is 53.1 Å². The fraction of sp³-hybridized carbons (Fsp3) is 0.667. The van der Waals surface area contributed by atoms with E-state index in [2.05, 4.69) is 65.3 Å². The van der Waals surface area contributed by atoms with Gasteiger partial charge < -0.3 is 0 Å². The van der Waals surface area contributed by atoms with Crippen LogP contribution in [0.25, 0.3) is 0 Å². The van der Waals surface area contributed by atoms with Gasteiger partial charge >= 0.3 is 0 Å². The predicted octanol–water partition coefficient (Wildman–Crippen LogP) is 4.63. The van der Waals surface area contributed by atoms with Crippen molar-refractivity contribution in [3.63, 3.8) is 0 Å². The molecule has 0 N–H and O–H groups in total. The molecule has 0 aromatic heterocycles. The second-order valence-electron chi connectivity index (χ2n) is 6.32. The van der Waals surface area contributed by atoms with E-state index in [1.165, 1.54) is 5.57 Å². The van der Waals surface area contributed by atoms with Gasteiger partial charge in [-0.25, -0.2) is 0 Å². The monoisotopic (exact) mass is 226 g/mol. The van der Waals surface area contributed by atoms with Crippen molar-refractivity contribution in [3.05, 3.63) is 22.5 Å². The summed E-state index contributed by atoms with van der Waals surface area (Å²) in [6.45, 7) is 19.1. The summed E-state index contributed by atoms with van der Waals surface area (Å²) in [5.41, 5.74) is 1.40. The van der Waals surface area contributed by atoms with E-state index in [4.69, 9.17) is 0 Å². The Morgan fingerprint density at radius 3 is 1.29 bits per heavy atom. The molecule has 0 aliphatic heterocycles. The number of allylic oxidation sites excluding steroid dienone is 3. The normalized spacial score (nSPS) is 12.3. The Morgan fingerprint density at radius 2 is 1.07 bits per heavy atom. The zero-order chi connectivity index (χ0) is 11.6. The van der Waals surface area contributed by atoms with Gasteiger partial charge in [-0.05, 0) is 13.8 Å². The molecular weight excluding hydrogens is 200 g/mol. The molecule has 82 valence electrons. The van der Waals surface area contributed by atoms with Gasteiger partial charge in [-0.15, -0.1) is 0 Å². The smallest absolute Gasteiger partial charge is 0.0682 e. The average molecular weight is 227 g/mol. The van der Waals surface area contributed by atoms with E-state index in [9.17, 15) is 0 Å². The lowest BCUT2D eigenvalue weighted by molar-refractivity contribution is 1.39. The van der Waals surface area contributed by atoms with Gasteiger partial charge in [0.1, 0.15) is 0 Å². The molecule has 0 atom stereocenters. The van der Waals surface area contributed by atoms with Gasteiger partial charge in [0.05, 0.1) is 16.1 Å². The highest BCUT2D eigenvalue weighted by molar-refractivity contribution is 7.04. The highest BCUT2D eigenvalue weighted by atomic mass is 28.4. The summed E-state index contributed by atoms with van der Waals surface area (Å²) >= 11 is 0. The standard InChI is InChI=1S/C12H26Si2/c1-11(2)9-10-12(13(3,4)5)14(6,7)8/h9-10H,1-8H3. The molecule has 0 spiro atoms. The Morgan fingerprint density at radius 1 is 0.714 bits per heavy atom. The summed E-state index contributed by atoms with van der Waals surface area (Å²) in [6.07, 6.45) is 4.69. The average Bonchev–Trinajstić information content (AvgIpc) is 1.78. The summed E-state index contributed by atoms with van der Waals surface area (Å²) in [4.78, 5) is 1.78. The van der Waals surface area contributed by atoms with Crippen LogP contribution in [0.3, 0.4) is 0 Å². The van der Waals surface area contributed by atoms with Gasteiger partial charge in [0.15, 0.2) is 0 Å². The van der Waals surface area contributed by atoms with Crippen LogP contribution in [0.5, 0.6) is 0 Å². The molecule has 0 nitrogen and oxygen atoms in total. The third-order valence-corrected chi connectivity index (χ3v) is 10.3. The van der Waals surface area contributed by atoms with Crippen molar-refractivity contribution >= 4 is 16.1 Å². The van der Waals surface area contributed by atoms with E-state index >= 15 is 0 Å². The predicted molar refractivity (Wildman–Crippen MR) is 74.2 cm³/mol. The van der Waals surface area contributed by atoms with Crippen LogP contribution in [0.2, 0.25) is 39.3 Å². The molecule has 0 amide bonds. The highest BCUT2D eigenvalue weighted by Gasteiger charge is 2.29. The summed E-state index contributed by atoms with van der Waals surface area (Å²) < 4.78 is 0. The zero-order valence-corrected chi connectivity index (χ0v) is 13.2. The third kappa shape index (κ3) is 4.96. The summed E-state index contributed by atoms with van der Waals surface area (Å²) in [7, 11) is -2.22. The second-order valence-corrected chi connectivity index (χ2v) is 16.9. The Kier molecular flexibility index (Phi) is 4.59. The first kappa shape index (κ1) is 13.9. The molecule has 0 unspecified atom stereocenters. The largest absolute Gasteiger partial charge is 0.0912 e. The molecule has 0 bridgehead atoms. The number of hydrogen-bond donors (Lipinski definition) is 0. The molecule has 0 radical (unpaired) electrons. The highest BCUT2D eigenvalue weighted by Crippen LogP contribution is 2.25. The number of hydrogen-bond acceptors (Lipinski definition) is 0. The topological polar surface area (TPSA) is 0 Å². The minimum Gasteiger partial charge on any atom is -0.0912 e. The van der Waals surface area contributed by atoms with Crippen LogP contribution in [0, 0.1) is 0 Å². The minimum atomic E-state index is -1.11. The van der Waals surface area contributed by atoms with E-state index < -0.39 is 16.1 Å². The van der Waals surface area contributed by atoms with Crippen LogP contribution >= 0.6 is 0 Å². The van der Waals surface area contributed by atoms with Crippen molar-refractivity contribution < 1.29 is 0 Å². The van der Waals surface area contributed by atoms with Crippen LogP contribution < -0.4 is 0 Å². The van der Waals surface area contributed by atoms with E-state index in [-0.39, 0.29) is 0 Å².